The van der Waals surface area contributed by atoms with Crippen molar-refractivity contribution in [3.05, 3.63) is 21.9 Å². The molecule has 2 heterocycles. The van der Waals surface area contributed by atoms with Gasteiger partial charge in [-0.05, 0) is 25.5 Å². The molecule has 5 heteroatoms. The van der Waals surface area contributed by atoms with E-state index in [4.69, 9.17) is 5.11 Å². The molecule has 1 unspecified atom stereocenters. The molecule has 0 aliphatic carbocycles. The Balaban J connectivity index is 2.13. The number of thiophene rings is 2. The number of aliphatic hydroxyl groups excluding tert-OH is 1. The van der Waals surface area contributed by atoms with E-state index in [-0.39, 0.29) is 5.91 Å². The largest absolute Gasteiger partial charge is 0.392 e. The van der Waals surface area contributed by atoms with E-state index in [0.717, 1.165) is 16.7 Å². The first-order chi connectivity index (χ1) is 8.10. The number of carbonyl (C=O) groups excluding carboxylic acids is 1. The molecule has 0 fully saturated rings. The second-order valence-electron chi connectivity index (χ2n) is 3.98. The van der Waals surface area contributed by atoms with Crippen molar-refractivity contribution < 1.29 is 9.90 Å². The van der Waals surface area contributed by atoms with Crippen molar-refractivity contribution in [2.75, 3.05) is 6.54 Å². The zero-order chi connectivity index (χ0) is 12.4. The number of aryl methyl sites for hydroxylation is 1. The van der Waals surface area contributed by atoms with Gasteiger partial charge in [-0.1, -0.05) is 6.92 Å². The Morgan fingerprint density at radius 2 is 2.24 bits per heavy atom. The van der Waals surface area contributed by atoms with Gasteiger partial charge in [0.1, 0.15) is 0 Å². The first kappa shape index (κ1) is 12.5. The fourth-order valence-corrected chi connectivity index (χ4v) is 3.85. The number of hydrogen-bond acceptors (Lipinski definition) is 4. The van der Waals surface area contributed by atoms with Crippen LogP contribution in [0.5, 0.6) is 0 Å². The van der Waals surface area contributed by atoms with Crippen LogP contribution in [-0.2, 0) is 6.42 Å². The van der Waals surface area contributed by atoms with E-state index in [1.54, 1.807) is 18.3 Å². The van der Waals surface area contributed by atoms with Crippen molar-refractivity contribution in [2.45, 2.75) is 26.4 Å². The number of carbonyl (C=O) groups is 1. The minimum Gasteiger partial charge on any atom is -0.392 e. The highest BCUT2D eigenvalue weighted by molar-refractivity contribution is 7.39. The number of fused-ring (bicyclic) bond motifs is 1. The maximum Gasteiger partial charge on any atom is 0.261 e. The number of rotatable bonds is 4. The van der Waals surface area contributed by atoms with Gasteiger partial charge in [-0.15, -0.1) is 22.7 Å². The Morgan fingerprint density at radius 3 is 2.82 bits per heavy atom. The van der Waals surface area contributed by atoms with Crippen molar-refractivity contribution in [1.82, 2.24) is 5.32 Å². The molecule has 0 aliphatic rings. The Bertz CT molecular complexity index is 496. The summed E-state index contributed by atoms with van der Waals surface area (Å²) in [6.45, 7) is 4.08. The predicted octanol–water partition coefficient (Wildman–Crippen LogP) is 2.64. The lowest BCUT2D eigenvalue weighted by Crippen LogP contribution is -2.29. The third-order valence-corrected chi connectivity index (χ3v) is 4.93. The zero-order valence-corrected chi connectivity index (χ0v) is 11.5. The first-order valence-electron chi connectivity index (χ1n) is 5.58. The number of hydrogen-bond donors (Lipinski definition) is 2. The molecule has 2 rings (SSSR count). The highest BCUT2D eigenvalue weighted by atomic mass is 32.2. The van der Waals surface area contributed by atoms with Gasteiger partial charge in [0.25, 0.3) is 5.91 Å². The molecule has 1 amide bonds. The summed E-state index contributed by atoms with van der Waals surface area (Å²) in [5.74, 6) is -0.0997. The van der Waals surface area contributed by atoms with Crippen LogP contribution in [0.3, 0.4) is 0 Å². The smallest absolute Gasteiger partial charge is 0.261 e. The number of aliphatic hydroxyl groups is 1. The molecule has 0 aliphatic heterocycles. The van der Waals surface area contributed by atoms with E-state index < -0.39 is 6.10 Å². The third-order valence-electron chi connectivity index (χ3n) is 2.40. The van der Waals surface area contributed by atoms with Gasteiger partial charge in [-0.2, -0.15) is 0 Å². The van der Waals surface area contributed by atoms with Crippen molar-refractivity contribution in [3.8, 4) is 0 Å². The highest BCUT2D eigenvalue weighted by Crippen LogP contribution is 2.33. The summed E-state index contributed by atoms with van der Waals surface area (Å²) < 4.78 is 1.20. The Kier molecular flexibility index (Phi) is 3.81. The van der Waals surface area contributed by atoms with Crippen molar-refractivity contribution in [1.29, 1.82) is 0 Å². The Labute approximate surface area is 108 Å². The molecule has 2 N–H and O–H groups in total. The lowest BCUT2D eigenvalue weighted by atomic mass is 10.3. The maximum atomic E-state index is 11.8. The molecule has 17 heavy (non-hydrogen) atoms. The third kappa shape index (κ3) is 2.86. The monoisotopic (exact) mass is 269 g/mol. The first-order valence-corrected chi connectivity index (χ1v) is 7.22. The van der Waals surface area contributed by atoms with E-state index >= 15 is 0 Å². The van der Waals surface area contributed by atoms with Crippen LogP contribution >= 0.6 is 22.7 Å². The molecule has 0 bridgehead atoms. The van der Waals surface area contributed by atoms with Crippen LogP contribution in [0, 0.1) is 0 Å². The zero-order valence-electron chi connectivity index (χ0n) is 9.82. The molecule has 3 nitrogen and oxygen atoms in total. The molecule has 2 aromatic rings. The molecular weight excluding hydrogens is 254 g/mol. The predicted molar refractivity (Wildman–Crippen MR) is 73.1 cm³/mol. The average molecular weight is 269 g/mol. The van der Waals surface area contributed by atoms with Gasteiger partial charge in [0.15, 0.2) is 0 Å². The second-order valence-corrected chi connectivity index (χ2v) is 6.43. The van der Waals surface area contributed by atoms with Crippen LogP contribution in [0.25, 0.3) is 9.40 Å². The van der Waals surface area contributed by atoms with E-state index in [0.29, 0.717) is 6.54 Å². The minimum absolute atomic E-state index is 0.0997. The van der Waals surface area contributed by atoms with Gasteiger partial charge in [0, 0.05) is 16.8 Å². The fourth-order valence-electron chi connectivity index (χ4n) is 1.50. The summed E-state index contributed by atoms with van der Waals surface area (Å²) in [7, 11) is 0. The Hall–Kier alpha value is -0.910. The van der Waals surface area contributed by atoms with E-state index in [9.17, 15) is 4.79 Å². The quantitative estimate of drug-likeness (QED) is 0.896. The summed E-state index contributed by atoms with van der Waals surface area (Å²) in [6, 6.07) is 4.06. The molecule has 0 saturated heterocycles. The van der Waals surface area contributed by atoms with Gasteiger partial charge in [0.2, 0.25) is 0 Å². The summed E-state index contributed by atoms with van der Waals surface area (Å²) in [4.78, 5) is 13.8. The standard InChI is InChI=1S/C12H15NO2S2/c1-3-9-4-8-5-10(17-12(8)16-9)11(15)13-6-7(2)14/h4-5,7,14H,3,6H2,1-2H3,(H,13,15). The number of nitrogens with one attached hydrogen (secondary N) is 1. The highest BCUT2D eigenvalue weighted by Gasteiger charge is 2.12. The van der Waals surface area contributed by atoms with E-state index in [1.807, 2.05) is 6.07 Å². The lowest BCUT2D eigenvalue weighted by molar-refractivity contribution is 0.0928. The average Bonchev–Trinajstić information content (AvgIpc) is 2.82. The number of amides is 1. The van der Waals surface area contributed by atoms with Crippen LogP contribution in [0.2, 0.25) is 0 Å². The molecule has 0 radical (unpaired) electrons. The maximum absolute atomic E-state index is 11.8. The lowest BCUT2D eigenvalue weighted by Gasteiger charge is -2.04. The topological polar surface area (TPSA) is 49.3 Å². The van der Waals surface area contributed by atoms with Crippen LogP contribution < -0.4 is 5.32 Å². The Morgan fingerprint density at radius 1 is 1.47 bits per heavy atom. The van der Waals surface area contributed by atoms with Crippen molar-refractivity contribution in [2.24, 2.45) is 0 Å². The molecule has 2 aromatic heterocycles. The second kappa shape index (κ2) is 5.16. The van der Waals surface area contributed by atoms with Crippen LogP contribution in [0.4, 0.5) is 0 Å². The molecule has 92 valence electrons. The summed E-state index contributed by atoms with van der Waals surface area (Å²) in [5.41, 5.74) is 0. The van der Waals surface area contributed by atoms with Gasteiger partial charge in [-0.3, -0.25) is 4.79 Å². The summed E-state index contributed by atoms with van der Waals surface area (Å²) in [5, 5.41) is 13.0. The fraction of sp³-hybridized carbons (Fsp3) is 0.417. The molecular formula is C12H15NO2S2. The van der Waals surface area contributed by atoms with Gasteiger partial charge < -0.3 is 10.4 Å². The molecule has 1 atom stereocenters. The van der Waals surface area contributed by atoms with Gasteiger partial charge in [0.05, 0.1) is 15.0 Å². The molecule has 0 aromatic carbocycles. The van der Waals surface area contributed by atoms with Crippen molar-refractivity contribution >= 4 is 38.0 Å². The van der Waals surface area contributed by atoms with Crippen LogP contribution in [0.15, 0.2) is 12.1 Å². The molecule has 0 spiro atoms. The van der Waals surface area contributed by atoms with Gasteiger partial charge in [-0.25, -0.2) is 0 Å². The SMILES string of the molecule is CCc1cc2cc(C(=O)NCC(C)O)sc2s1. The van der Waals surface area contributed by atoms with Crippen LogP contribution in [-0.4, -0.2) is 23.7 Å². The van der Waals surface area contributed by atoms with Gasteiger partial charge >= 0.3 is 0 Å². The minimum atomic E-state index is -0.508. The normalized spacial score (nSPS) is 12.9. The van der Waals surface area contributed by atoms with E-state index in [2.05, 4.69) is 18.3 Å². The van der Waals surface area contributed by atoms with E-state index in [1.165, 1.54) is 20.2 Å². The molecule has 0 saturated carbocycles. The van der Waals surface area contributed by atoms with Crippen LogP contribution in [0.1, 0.15) is 28.4 Å². The summed E-state index contributed by atoms with van der Waals surface area (Å²) >= 11 is 3.27. The summed E-state index contributed by atoms with van der Waals surface area (Å²) in [6.07, 6.45) is 0.530. The van der Waals surface area contributed by atoms with Crippen molar-refractivity contribution in [3.63, 3.8) is 0 Å².